The number of nitrogens with zero attached hydrogens (tertiary/aromatic N) is 1. The second-order valence-corrected chi connectivity index (χ2v) is 9.00. The number of aryl methyl sites for hydroxylation is 1. The maximum atomic E-state index is 12.6. The van der Waals surface area contributed by atoms with Gasteiger partial charge in [0, 0.05) is 17.0 Å². The molecule has 3 saturated heterocycles. The normalized spacial score (nSPS) is 28.8. The molecule has 5 rings (SSSR count). The lowest BCUT2D eigenvalue weighted by Gasteiger charge is -2.49. The largest absolute Gasteiger partial charge is 0.436 e. The van der Waals surface area contributed by atoms with E-state index in [2.05, 4.69) is 24.1 Å². The molecule has 0 spiro atoms. The minimum Gasteiger partial charge on any atom is -0.436 e. The van der Waals surface area contributed by atoms with Crippen molar-refractivity contribution in [2.75, 3.05) is 13.1 Å². The third kappa shape index (κ3) is 3.10. The molecular weight excluding hydrogens is 340 g/mol. The monoisotopic (exact) mass is 362 g/mol. The Labute approximate surface area is 150 Å². The van der Waals surface area contributed by atoms with Gasteiger partial charge in [-0.3, -0.25) is 9.69 Å². The minimum atomic E-state index is 0.0304. The van der Waals surface area contributed by atoms with Crippen molar-refractivity contribution < 1.29 is 9.53 Å². The molecule has 24 heavy (non-hydrogen) atoms. The summed E-state index contributed by atoms with van der Waals surface area (Å²) in [6.07, 6.45) is 2.40. The number of fused-ring (bicyclic) bond motifs is 3. The van der Waals surface area contributed by atoms with E-state index in [1.165, 1.54) is 42.1 Å². The molecule has 1 amide bonds. The van der Waals surface area contributed by atoms with Crippen LogP contribution in [0.15, 0.2) is 24.3 Å². The molecule has 6 heteroatoms. The minimum absolute atomic E-state index is 0.0304. The van der Waals surface area contributed by atoms with Crippen LogP contribution in [-0.4, -0.2) is 36.0 Å². The molecule has 2 aromatic rings. The number of carbonyl (C=O) groups excluding carboxylic acids is 1. The Morgan fingerprint density at radius 1 is 1.17 bits per heavy atom. The van der Waals surface area contributed by atoms with Crippen LogP contribution in [0.2, 0.25) is 0 Å². The molecule has 5 heterocycles. The average molecular weight is 363 g/mol. The van der Waals surface area contributed by atoms with Crippen LogP contribution in [-0.2, 0) is 0 Å². The number of thiophene rings is 2. The van der Waals surface area contributed by atoms with Crippen LogP contribution in [0.3, 0.4) is 0 Å². The molecule has 2 bridgehead atoms. The first-order valence-corrected chi connectivity index (χ1v) is 10.1. The predicted octanol–water partition coefficient (Wildman–Crippen LogP) is 4.12. The van der Waals surface area contributed by atoms with E-state index >= 15 is 0 Å². The van der Waals surface area contributed by atoms with Gasteiger partial charge in [0.1, 0.15) is 0 Å². The summed E-state index contributed by atoms with van der Waals surface area (Å²) < 4.78 is 5.84. The third-order valence-electron chi connectivity index (χ3n) is 5.20. The van der Waals surface area contributed by atoms with Crippen LogP contribution in [0.4, 0.5) is 0 Å². The maximum absolute atomic E-state index is 12.6. The molecule has 3 aliphatic rings. The average Bonchev–Trinajstić information content (AvgIpc) is 3.21. The molecule has 0 radical (unpaired) electrons. The number of nitrogens with one attached hydrogen (secondary N) is 1. The predicted molar refractivity (Wildman–Crippen MR) is 98.5 cm³/mol. The molecule has 0 unspecified atom stereocenters. The highest BCUT2D eigenvalue weighted by Gasteiger charge is 2.40. The number of carbonyl (C=O) groups is 1. The van der Waals surface area contributed by atoms with Crippen LogP contribution in [0.5, 0.6) is 10.1 Å². The van der Waals surface area contributed by atoms with Crippen molar-refractivity contribution in [3.63, 3.8) is 0 Å². The molecule has 3 aliphatic heterocycles. The Morgan fingerprint density at radius 3 is 2.54 bits per heavy atom. The summed E-state index contributed by atoms with van der Waals surface area (Å²) in [5.74, 6) is 0.654. The summed E-state index contributed by atoms with van der Waals surface area (Å²) in [7, 11) is 0. The summed E-state index contributed by atoms with van der Waals surface area (Å²) in [6, 6.07) is 8.46. The Morgan fingerprint density at radius 2 is 1.88 bits per heavy atom. The molecule has 128 valence electrons. The van der Waals surface area contributed by atoms with Gasteiger partial charge in [-0.1, -0.05) is 11.3 Å². The maximum Gasteiger partial charge on any atom is 0.261 e. The highest BCUT2D eigenvalue weighted by atomic mass is 32.1. The van der Waals surface area contributed by atoms with E-state index < -0.39 is 0 Å². The van der Waals surface area contributed by atoms with Crippen molar-refractivity contribution in [3.05, 3.63) is 34.0 Å². The first-order valence-electron chi connectivity index (χ1n) is 8.49. The van der Waals surface area contributed by atoms with Gasteiger partial charge < -0.3 is 10.1 Å². The molecule has 2 aromatic heterocycles. The van der Waals surface area contributed by atoms with Crippen molar-refractivity contribution in [2.24, 2.45) is 5.92 Å². The van der Waals surface area contributed by atoms with Crippen LogP contribution in [0, 0.1) is 12.8 Å². The molecule has 0 aromatic carbocycles. The Bertz CT molecular complexity index is 729. The number of rotatable bonds is 4. The van der Waals surface area contributed by atoms with Crippen LogP contribution in [0.1, 0.15) is 34.3 Å². The van der Waals surface area contributed by atoms with E-state index in [0.29, 0.717) is 12.0 Å². The Balaban J connectivity index is 1.41. The van der Waals surface area contributed by atoms with Gasteiger partial charge in [-0.25, -0.2) is 0 Å². The Kier molecular flexibility index (Phi) is 4.37. The summed E-state index contributed by atoms with van der Waals surface area (Å²) in [5.41, 5.74) is 0. The number of hydrogen-bond acceptors (Lipinski definition) is 5. The van der Waals surface area contributed by atoms with Crippen molar-refractivity contribution in [1.82, 2.24) is 10.2 Å². The lowest BCUT2D eigenvalue weighted by molar-refractivity contribution is 0.0218. The zero-order valence-corrected chi connectivity index (χ0v) is 15.6. The second kappa shape index (κ2) is 6.50. The van der Waals surface area contributed by atoms with E-state index in [0.717, 1.165) is 15.0 Å². The first-order chi connectivity index (χ1) is 11.6. The van der Waals surface area contributed by atoms with Gasteiger partial charge >= 0.3 is 0 Å². The van der Waals surface area contributed by atoms with Gasteiger partial charge in [-0.15, -0.1) is 11.3 Å². The highest BCUT2D eigenvalue weighted by Crippen LogP contribution is 2.35. The van der Waals surface area contributed by atoms with Crippen molar-refractivity contribution in [2.45, 2.75) is 38.8 Å². The van der Waals surface area contributed by atoms with E-state index in [1.807, 2.05) is 24.3 Å². The third-order valence-corrected chi connectivity index (χ3v) is 7.04. The van der Waals surface area contributed by atoms with Gasteiger partial charge in [0.05, 0.1) is 4.88 Å². The molecule has 1 N–H and O–H groups in total. The van der Waals surface area contributed by atoms with E-state index in [4.69, 9.17) is 4.74 Å². The number of piperidine rings is 3. The first kappa shape index (κ1) is 16.1. The summed E-state index contributed by atoms with van der Waals surface area (Å²) in [4.78, 5) is 17.1. The van der Waals surface area contributed by atoms with E-state index in [9.17, 15) is 4.79 Å². The van der Waals surface area contributed by atoms with Crippen molar-refractivity contribution >= 4 is 28.6 Å². The fourth-order valence-corrected chi connectivity index (χ4v) is 5.38. The second-order valence-electron chi connectivity index (χ2n) is 6.70. The fourth-order valence-electron chi connectivity index (χ4n) is 3.83. The summed E-state index contributed by atoms with van der Waals surface area (Å²) in [5, 5.41) is 4.91. The van der Waals surface area contributed by atoms with Crippen LogP contribution < -0.4 is 10.1 Å². The molecule has 2 atom stereocenters. The van der Waals surface area contributed by atoms with Crippen molar-refractivity contribution in [1.29, 1.82) is 0 Å². The Hall–Kier alpha value is -1.37. The number of ether oxygens (including phenoxy) is 1. The van der Waals surface area contributed by atoms with Gasteiger partial charge in [-0.05, 0) is 70.0 Å². The van der Waals surface area contributed by atoms with Crippen LogP contribution in [0.25, 0.3) is 0 Å². The topological polar surface area (TPSA) is 41.6 Å². The lowest BCUT2D eigenvalue weighted by Crippen LogP contribution is -2.62. The van der Waals surface area contributed by atoms with Crippen molar-refractivity contribution in [3.8, 4) is 10.1 Å². The van der Waals surface area contributed by atoms with E-state index in [1.54, 1.807) is 11.3 Å². The summed E-state index contributed by atoms with van der Waals surface area (Å²) in [6.45, 7) is 6.64. The molecular formula is C18H22N2O2S2. The number of amides is 1. The quantitative estimate of drug-likeness (QED) is 0.889. The zero-order valence-electron chi connectivity index (χ0n) is 14.0. The molecule has 4 nitrogen and oxygen atoms in total. The van der Waals surface area contributed by atoms with Crippen LogP contribution >= 0.6 is 22.7 Å². The van der Waals surface area contributed by atoms with Gasteiger partial charge in [0.15, 0.2) is 10.1 Å². The molecule has 3 fully saturated rings. The highest BCUT2D eigenvalue weighted by molar-refractivity contribution is 7.16. The molecule has 0 aliphatic carbocycles. The standard InChI is InChI=1S/C18H22N2O2S2/c1-11-3-5-15(23-11)22-16-6-4-14(24-16)18(21)19-17-12(2)20-9-7-13(17)8-10-20/h3-6,12-13,17H,7-10H2,1-2H3,(H,19,21)/t12-,17+/m1/s1. The van der Waals surface area contributed by atoms with Gasteiger partial charge in [0.25, 0.3) is 5.91 Å². The van der Waals surface area contributed by atoms with Gasteiger partial charge in [0.2, 0.25) is 0 Å². The number of hydrogen-bond donors (Lipinski definition) is 1. The molecule has 0 saturated carbocycles. The van der Waals surface area contributed by atoms with Gasteiger partial charge in [-0.2, -0.15) is 0 Å². The fraction of sp³-hybridized carbons (Fsp3) is 0.500. The SMILES string of the molecule is Cc1ccc(Oc2ccc(C(=O)N[C@@H]3C4CCN(CC4)[C@@H]3C)s2)s1. The van der Waals surface area contributed by atoms with E-state index in [-0.39, 0.29) is 11.9 Å². The summed E-state index contributed by atoms with van der Waals surface area (Å²) >= 11 is 3.03. The zero-order chi connectivity index (χ0) is 16.7. The lowest BCUT2D eigenvalue weighted by atomic mass is 9.79. The smallest absolute Gasteiger partial charge is 0.261 e.